The van der Waals surface area contributed by atoms with E-state index in [-0.39, 0.29) is 62.0 Å². The van der Waals surface area contributed by atoms with E-state index in [1.807, 2.05) is 0 Å². The average molecular weight is 296 g/mol. The van der Waals surface area contributed by atoms with Gasteiger partial charge >= 0.3 is 109 Å². The summed E-state index contributed by atoms with van der Waals surface area (Å²) < 4.78 is 0. The standard InChI is InChI=1S/4ClH.2Na.Pd.2H/h4*1H;;;;;/q;;;;2*+1;+4;2*-1/p-4. The van der Waals surface area contributed by atoms with Gasteiger partial charge in [0.2, 0.25) is 0 Å². The van der Waals surface area contributed by atoms with Crippen LogP contribution in [0.25, 0.3) is 0 Å². The minimum atomic E-state index is -2.81. The van der Waals surface area contributed by atoms with E-state index in [4.69, 9.17) is 38.1 Å². The molecule has 0 unspecified atom stereocenters. The fourth-order valence-electron chi connectivity index (χ4n) is 0. The molecule has 0 saturated heterocycles. The van der Waals surface area contributed by atoms with Crippen LogP contribution in [0.5, 0.6) is 0 Å². The smallest absolute Gasteiger partial charge is 1.00 e. The third kappa shape index (κ3) is 41.1. The van der Waals surface area contributed by atoms with Gasteiger partial charge in [-0.3, -0.25) is 0 Å². The fourth-order valence-corrected chi connectivity index (χ4v) is 0. The van der Waals surface area contributed by atoms with Gasteiger partial charge in [-0.05, 0) is 0 Å². The summed E-state index contributed by atoms with van der Waals surface area (Å²) in [5.74, 6) is 0. The Morgan fingerprint density at radius 3 is 0.857 bits per heavy atom. The molecule has 0 N–H and O–H groups in total. The molecule has 0 radical (unpaired) electrons. The monoisotopic (exact) mass is 294 g/mol. The van der Waals surface area contributed by atoms with E-state index in [0.29, 0.717) is 0 Å². The van der Waals surface area contributed by atoms with Crippen molar-refractivity contribution in [3.8, 4) is 0 Å². The molecule has 42 valence electrons. The van der Waals surface area contributed by atoms with Crippen LogP contribution in [0.1, 0.15) is 2.85 Å². The zero-order valence-electron chi connectivity index (χ0n) is 5.83. The van der Waals surface area contributed by atoms with Gasteiger partial charge in [-0.25, -0.2) is 0 Å². The predicted octanol–water partition coefficient (Wildman–Crippen LogP) is -3.01. The van der Waals surface area contributed by atoms with Crippen molar-refractivity contribution in [1.82, 2.24) is 0 Å². The van der Waals surface area contributed by atoms with Crippen LogP contribution in [0, 0.1) is 0 Å². The van der Waals surface area contributed by atoms with Crippen LogP contribution in [0.15, 0.2) is 0 Å². The van der Waals surface area contributed by atoms with Crippen molar-refractivity contribution in [2.45, 2.75) is 0 Å². The summed E-state index contributed by atoms with van der Waals surface area (Å²) in [6.45, 7) is 0. The van der Waals surface area contributed by atoms with Gasteiger partial charge in [-0.15, -0.1) is 0 Å². The quantitative estimate of drug-likeness (QED) is 0.418. The number of rotatable bonds is 0. The summed E-state index contributed by atoms with van der Waals surface area (Å²) in [6, 6.07) is 0. The van der Waals surface area contributed by atoms with Crippen molar-refractivity contribution < 1.29 is 73.4 Å². The molecule has 0 aliphatic heterocycles. The zero-order chi connectivity index (χ0) is 4.50. The second kappa shape index (κ2) is 7.92. The Labute approximate surface area is 109 Å². The molecule has 0 heterocycles. The van der Waals surface area contributed by atoms with Gasteiger partial charge in [0, 0.05) is 0 Å². The van der Waals surface area contributed by atoms with Crippen molar-refractivity contribution in [3.63, 3.8) is 0 Å². The normalized spacial score (nSPS) is 10.9. The maximum Gasteiger partial charge on any atom is 1.00 e. The van der Waals surface area contributed by atoms with E-state index >= 15 is 0 Å². The van der Waals surface area contributed by atoms with Crippen LogP contribution < -0.4 is 59.1 Å². The van der Waals surface area contributed by atoms with Gasteiger partial charge in [-0.2, -0.15) is 0 Å². The van der Waals surface area contributed by atoms with Crippen LogP contribution in [0.4, 0.5) is 0 Å². The molecule has 0 aliphatic rings. The predicted molar refractivity (Wildman–Crippen MR) is 25.6 cm³/mol. The Balaban J connectivity index is -0.0000000133. The molecule has 0 atom stereocenters. The molecule has 0 nitrogen and oxygen atoms in total. The van der Waals surface area contributed by atoms with Gasteiger partial charge in [0.15, 0.2) is 0 Å². The van der Waals surface area contributed by atoms with Crippen LogP contribution in [-0.4, -0.2) is 0 Å². The maximum absolute atomic E-state index is 4.98. The van der Waals surface area contributed by atoms with Crippen molar-refractivity contribution in [2.75, 3.05) is 0 Å². The maximum atomic E-state index is 4.98. The van der Waals surface area contributed by atoms with E-state index in [9.17, 15) is 0 Å². The second-order valence-corrected chi connectivity index (χ2v) is 14.4. The first-order valence-corrected chi connectivity index (χ1v) is 8.49. The second-order valence-electron chi connectivity index (χ2n) is 0.271. The van der Waals surface area contributed by atoms with Crippen molar-refractivity contribution in [1.29, 1.82) is 0 Å². The molecular weight excluding hydrogens is 294 g/mol. The third-order valence-corrected chi connectivity index (χ3v) is 0. The molecule has 0 amide bonds. The fraction of sp³-hybridized carbons (Fsp3) is 0. The first kappa shape index (κ1) is 17.1. The summed E-state index contributed by atoms with van der Waals surface area (Å²) in [5, 5.41) is 0. The Hall–Kier alpha value is 3.82. The van der Waals surface area contributed by atoms with Crippen LogP contribution in [0.3, 0.4) is 0 Å². The Kier molecular flexibility index (Phi) is 19.3. The Bertz CT molecular complexity index is 32.0. The minimum absolute atomic E-state index is 0. The first-order valence-electron chi connectivity index (χ1n) is 0.478. The molecule has 0 aliphatic carbocycles. The Morgan fingerprint density at radius 2 is 0.857 bits per heavy atom. The number of hydrogen-bond donors (Lipinski definition) is 0. The van der Waals surface area contributed by atoms with E-state index < -0.39 is 11.5 Å². The SMILES string of the molecule is [Cl][Pd]([Cl])([Cl])[Cl].[H-].[H-].[Na+].[Na+]. The minimum Gasteiger partial charge on any atom is -1.00 e. The summed E-state index contributed by atoms with van der Waals surface area (Å²) in [5.41, 5.74) is 0. The van der Waals surface area contributed by atoms with Crippen molar-refractivity contribution >= 4 is 38.1 Å². The molecule has 0 rings (SSSR count). The van der Waals surface area contributed by atoms with Crippen LogP contribution >= 0.6 is 38.1 Å². The van der Waals surface area contributed by atoms with E-state index in [1.165, 1.54) is 0 Å². The average Bonchev–Trinajstić information content (AvgIpc) is 0.722. The summed E-state index contributed by atoms with van der Waals surface area (Å²) in [4.78, 5) is 0. The molecule has 7 heteroatoms. The molecule has 7 heavy (non-hydrogen) atoms. The van der Waals surface area contributed by atoms with Gasteiger partial charge in [0.1, 0.15) is 0 Å². The van der Waals surface area contributed by atoms with Gasteiger partial charge in [-0.1, -0.05) is 0 Å². The van der Waals surface area contributed by atoms with E-state index in [2.05, 4.69) is 0 Å². The summed E-state index contributed by atoms with van der Waals surface area (Å²) in [7, 11) is 19.9. The van der Waals surface area contributed by atoms with E-state index in [0.717, 1.165) is 0 Å². The number of hydrogen-bond acceptors (Lipinski definition) is 0. The molecule has 0 aromatic carbocycles. The Morgan fingerprint density at radius 1 is 0.857 bits per heavy atom. The molecule has 0 bridgehead atoms. The van der Waals surface area contributed by atoms with Gasteiger partial charge in [0.25, 0.3) is 0 Å². The van der Waals surface area contributed by atoms with Crippen LogP contribution in [0.2, 0.25) is 0 Å². The first-order chi connectivity index (χ1) is 2.00. The summed E-state index contributed by atoms with van der Waals surface area (Å²) >= 11 is -2.81. The zero-order valence-corrected chi connectivity index (χ0v) is 12.4. The molecular formula is H2Cl4Na2Pd. The van der Waals surface area contributed by atoms with Gasteiger partial charge < -0.3 is 2.85 Å². The van der Waals surface area contributed by atoms with Gasteiger partial charge in [0.05, 0.1) is 0 Å². The van der Waals surface area contributed by atoms with Crippen LogP contribution in [-0.2, 0) is 11.5 Å². The molecule has 0 spiro atoms. The molecule has 0 saturated carbocycles. The summed E-state index contributed by atoms with van der Waals surface area (Å²) in [6.07, 6.45) is 0. The molecule has 0 aromatic rings. The van der Waals surface area contributed by atoms with E-state index in [1.54, 1.807) is 0 Å². The largest absolute Gasteiger partial charge is 1.00 e. The van der Waals surface area contributed by atoms with Crippen molar-refractivity contribution in [3.05, 3.63) is 0 Å². The molecule has 0 aromatic heterocycles. The molecule has 0 fully saturated rings. The van der Waals surface area contributed by atoms with Crippen molar-refractivity contribution in [2.24, 2.45) is 0 Å². The third-order valence-electron chi connectivity index (χ3n) is 0. The topological polar surface area (TPSA) is 0 Å². The number of halogens is 4.